The zero-order chi connectivity index (χ0) is 17.1. The van der Waals surface area contributed by atoms with E-state index in [-0.39, 0.29) is 18.3 Å². The number of amides is 1. The van der Waals surface area contributed by atoms with E-state index in [1.165, 1.54) is 0 Å². The molecule has 6 nitrogen and oxygen atoms in total. The second-order valence-corrected chi connectivity index (χ2v) is 6.57. The predicted octanol–water partition coefficient (Wildman–Crippen LogP) is -1.51. The Bertz CT molecular complexity index is 728. The van der Waals surface area contributed by atoms with Crippen molar-refractivity contribution in [1.29, 1.82) is 0 Å². The van der Waals surface area contributed by atoms with Crippen LogP contribution in [-0.4, -0.2) is 74.6 Å². The van der Waals surface area contributed by atoms with Crippen molar-refractivity contribution in [2.75, 3.05) is 64.1 Å². The lowest BCUT2D eigenvalue weighted by Gasteiger charge is -2.31. The standard InChI is InChI=1S/C18H25N5O.ClH/c1-21(2)17-12-16(14-6-4-5-7-15(14)19-17)20-18(24)13-23-10-8-22(3)9-11-23;/h4-7,12H,8-11,13H2,1-3H3,(H,19,20,24);1H/p-1. The Morgan fingerprint density at radius 2 is 1.88 bits per heavy atom. The van der Waals surface area contributed by atoms with Gasteiger partial charge >= 0.3 is 0 Å². The van der Waals surface area contributed by atoms with Crippen LogP contribution in [0.15, 0.2) is 30.3 Å². The van der Waals surface area contributed by atoms with Crippen molar-refractivity contribution in [2.45, 2.75) is 0 Å². The SMILES string of the molecule is CN1CCN(CC(=O)Nc2cc(N(C)C)nc3ccccc23)CC1.[Cl-]. The molecule has 25 heavy (non-hydrogen) atoms. The number of rotatable bonds is 4. The van der Waals surface area contributed by atoms with Gasteiger partial charge in [0.1, 0.15) is 5.82 Å². The van der Waals surface area contributed by atoms with E-state index in [1.807, 2.05) is 49.3 Å². The topological polar surface area (TPSA) is 51.7 Å². The van der Waals surface area contributed by atoms with Crippen molar-refractivity contribution < 1.29 is 17.2 Å². The molecule has 1 aromatic heterocycles. The van der Waals surface area contributed by atoms with Crippen molar-refractivity contribution in [3.05, 3.63) is 30.3 Å². The minimum absolute atomic E-state index is 0. The van der Waals surface area contributed by atoms with Crippen LogP contribution in [0.1, 0.15) is 0 Å². The number of hydrogen-bond donors (Lipinski definition) is 1. The second-order valence-electron chi connectivity index (χ2n) is 6.57. The normalized spacial score (nSPS) is 15.6. The molecule has 0 saturated carbocycles. The van der Waals surface area contributed by atoms with Crippen LogP contribution in [0.2, 0.25) is 0 Å². The summed E-state index contributed by atoms with van der Waals surface area (Å²) in [7, 11) is 6.02. The van der Waals surface area contributed by atoms with E-state index >= 15 is 0 Å². The Kier molecular flexibility index (Phi) is 6.58. The lowest BCUT2D eigenvalue weighted by Crippen LogP contribution is -3.00. The highest BCUT2D eigenvalue weighted by molar-refractivity contribution is 6.02. The van der Waals surface area contributed by atoms with E-state index in [0.717, 1.165) is 48.6 Å². The number of pyridine rings is 1. The molecule has 2 aromatic rings. The number of nitrogens with one attached hydrogen (secondary N) is 1. The largest absolute Gasteiger partial charge is 1.00 e. The Hall–Kier alpha value is -1.89. The molecule has 1 N–H and O–H groups in total. The lowest BCUT2D eigenvalue weighted by molar-refractivity contribution is -0.117. The number of nitrogens with zero attached hydrogens (tertiary/aromatic N) is 4. The van der Waals surface area contributed by atoms with Gasteiger partial charge in [-0.3, -0.25) is 9.69 Å². The minimum atomic E-state index is 0. The van der Waals surface area contributed by atoms with E-state index in [2.05, 4.69) is 27.1 Å². The van der Waals surface area contributed by atoms with E-state index in [0.29, 0.717) is 6.54 Å². The first-order chi connectivity index (χ1) is 11.5. The monoisotopic (exact) mass is 362 g/mol. The number of halogens is 1. The molecule has 1 aliphatic rings. The highest BCUT2D eigenvalue weighted by Crippen LogP contribution is 2.26. The summed E-state index contributed by atoms with van der Waals surface area (Å²) in [6.07, 6.45) is 0. The van der Waals surface area contributed by atoms with Gasteiger partial charge in [0.2, 0.25) is 5.91 Å². The van der Waals surface area contributed by atoms with Gasteiger partial charge in [0.05, 0.1) is 17.7 Å². The molecule has 1 amide bonds. The predicted molar refractivity (Wildman–Crippen MR) is 98.6 cm³/mol. The molecule has 1 fully saturated rings. The zero-order valence-electron chi connectivity index (χ0n) is 15.0. The average molecular weight is 363 g/mol. The Morgan fingerprint density at radius 1 is 1.20 bits per heavy atom. The lowest BCUT2D eigenvalue weighted by atomic mass is 10.1. The maximum atomic E-state index is 12.5. The molecule has 3 rings (SSSR count). The molecule has 2 heterocycles. The third-order valence-corrected chi connectivity index (χ3v) is 4.40. The number of anilines is 2. The van der Waals surface area contributed by atoms with E-state index < -0.39 is 0 Å². The summed E-state index contributed by atoms with van der Waals surface area (Å²) in [5.41, 5.74) is 1.71. The van der Waals surface area contributed by atoms with Crippen molar-refractivity contribution in [3.63, 3.8) is 0 Å². The van der Waals surface area contributed by atoms with Crippen LogP contribution in [0.5, 0.6) is 0 Å². The molecule has 0 aliphatic carbocycles. The third-order valence-electron chi connectivity index (χ3n) is 4.40. The van der Waals surface area contributed by atoms with Crippen LogP contribution in [0.25, 0.3) is 10.9 Å². The van der Waals surface area contributed by atoms with Crippen LogP contribution >= 0.6 is 0 Å². The van der Waals surface area contributed by atoms with E-state index in [9.17, 15) is 4.79 Å². The van der Waals surface area contributed by atoms with Gasteiger partial charge in [-0.15, -0.1) is 0 Å². The molecule has 7 heteroatoms. The highest BCUT2D eigenvalue weighted by Gasteiger charge is 2.17. The molecule has 0 bridgehead atoms. The number of aromatic nitrogens is 1. The first-order valence-electron chi connectivity index (χ1n) is 8.31. The molecule has 136 valence electrons. The molecule has 1 aliphatic heterocycles. The highest BCUT2D eigenvalue weighted by atomic mass is 35.5. The van der Waals surface area contributed by atoms with Crippen LogP contribution < -0.4 is 22.6 Å². The first-order valence-corrected chi connectivity index (χ1v) is 8.31. The summed E-state index contributed by atoms with van der Waals surface area (Å²) in [5.74, 6) is 0.865. The summed E-state index contributed by atoms with van der Waals surface area (Å²) in [6, 6.07) is 9.83. The Balaban J connectivity index is 0.00000225. The molecule has 0 spiro atoms. The Labute approximate surface area is 155 Å². The minimum Gasteiger partial charge on any atom is -1.00 e. The fourth-order valence-electron chi connectivity index (χ4n) is 2.89. The smallest absolute Gasteiger partial charge is 0.238 e. The summed E-state index contributed by atoms with van der Waals surface area (Å²) >= 11 is 0. The van der Waals surface area contributed by atoms with Gasteiger partial charge in [0, 0.05) is 51.7 Å². The second kappa shape index (κ2) is 8.47. The fraction of sp³-hybridized carbons (Fsp3) is 0.444. The maximum Gasteiger partial charge on any atom is 0.238 e. The first kappa shape index (κ1) is 19.4. The van der Waals surface area contributed by atoms with Gasteiger partial charge in [-0.2, -0.15) is 0 Å². The van der Waals surface area contributed by atoms with E-state index in [4.69, 9.17) is 0 Å². The van der Waals surface area contributed by atoms with E-state index in [1.54, 1.807) is 0 Å². The number of para-hydroxylation sites is 1. The quantitative estimate of drug-likeness (QED) is 0.717. The molecule has 0 unspecified atom stereocenters. The molecule has 0 atom stereocenters. The maximum absolute atomic E-state index is 12.5. The number of hydrogen-bond acceptors (Lipinski definition) is 5. The van der Waals surface area contributed by atoms with Gasteiger partial charge in [-0.25, -0.2) is 4.98 Å². The zero-order valence-corrected chi connectivity index (χ0v) is 15.8. The van der Waals surface area contributed by atoms with Gasteiger partial charge in [0.15, 0.2) is 0 Å². The molecule has 1 aromatic carbocycles. The molecule has 1 saturated heterocycles. The summed E-state index contributed by atoms with van der Waals surface area (Å²) in [5, 5.41) is 4.05. The van der Waals surface area contributed by atoms with Gasteiger partial charge in [-0.1, -0.05) is 18.2 Å². The number of piperazine rings is 1. The number of likely N-dealkylation sites (N-methyl/N-ethyl adjacent to an activating group) is 1. The van der Waals surface area contributed by atoms with Crippen LogP contribution in [-0.2, 0) is 4.79 Å². The third kappa shape index (κ3) is 4.81. The average Bonchev–Trinajstić information content (AvgIpc) is 2.56. The molecular formula is C18H25ClN5O-. The number of carbonyl (C=O) groups excluding carboxylic acids is 1. The van der Waals surface area contributed by atoms with Gasteiger partial charge in [-0.05, 0) is 13.1 Å². The number of carbonyl (C=O) groups is 1. The summed E-state index contributed by atoms with van der Waals surface area (Å²) < 4.78 is 0. The number of fused-ring (bicyclic) bond motifs is 1. The molecular weight excluding hydrogens is 338 g/mol. The van der Waals surface area contributed by atoms with Crippen molar-refractivity contribution in [1.82, 2.24) is 14.8 Å². The van der Waals surface area contributed by atoms with Crippen molar-refractivity contribution in [2.24, 2.45) is 0 Å². The summed E-state index contributed by atoms with van der Waals surface area (Å²) in [4.78, 5) is 23.5. The van der Waals surface area contributed by atoms with Crippen molar-refractivity contribution >= 4 is 28.3 Å². The van der Waals surface area contributed by atoms with Gasteiger partial charge < -0.3 is 27.5 Å². The van der Waals surface area contributed by atoms with Crippen LogP contribution in [0.4, 0.5) is 11.5 Å². The fourth-order valence-corrected chi connectivity index (χ4v) is 2.89. The van der Waals surface area contributed by atoms with Crippen molar-refractivity contribution in [3.8, 4) is 0 Å². The summed E-state index contributed by atoms with van der Waals surface area (Å²) in [6.45, 7) is 4.32. The number of benzene rings is 1. The van der Waals surface area contributed by atoms with Crippen LogP contribution in [0.3, 0.4) is 0 Å². The van der Waals surface area contributed by atoms with Gasteiger partial charge in [0.25, 0.3) is 0 Å². The van der Waals surface area contributed by atoms with Crippen LogP contribution in [0, 0.1) is 0 Å². The molecule has 0 radical (unpaired) electrons. The Morgan fingerprint density at radius 3 is 2.56 bits per heavy atom.